The third kappa shape index (κ3) is 4.77. The van der Waals surface area contributed by atoms with E-state index >= 15 is 0 Å². The van der Waals surface area contributed by atoms with Gasteiger partial charge in [-0.15, -0.1) is 0 Å². The Labute approximate surface area is 121 Å². The molecule has 1 heterocycles. The van der Waals surface area contributed by atoms with Crippen LogP contribution < -0.4 is 9.46 Å². The molecule has 0 unspecified atom stereocenters. The summed E-state index contributed by atoms with van der Waals surface area (Å²) in [7, 11) is -1.43. The van der Waals surface area contributed by atoms with Crippen LogP contribution in [-0.2, 0) is 16.6 Å². The van der Waals surface area contributed by atoms with Crippen molar-refractivity contribution in [2.75, 3.05) is 26.5 Å². The molecule has 2 rings (SSSR count). The van der Waals surface area contributed by atoms with Crippen LogP contribution in [0.1, 0.15) is 18.4 Å². The highest BCUT2D eigenvalue weighted by molar-refractivity contribution is 7.88. The van der Waals surface area contributed by atoms with E-state index in [0.717, 1.165) is 38.2 Å². The number of hydrogen-bond donors (Lipinski definition) is 1. The predicted octanol–water partition coefficient (Wildman–Crippen LogP) is 1.21. The minimum atomic E-state index is -3.09. The molecule has 20 heavy (non-hydrogen) atoms. The topological polar surface area (TPSA) is 58.6 Å². The molecule has 1 saturated heterocycles. The Morgan fingerprint density at radius 3 is 2.35 bits per heavy atom. The van der Waals surface area contributed by atoms with Gasteiger partial charge in [0.05, 0.1) is 13.4 Å². The quantitative estimate of drug-likeness (QED) is 0.887. The average Bonchev–Trinajstić information content (AvgIpc) is 2.40. The van der Waals surface area contributed by atoms with Crippen LogP contribution in [0.25, 0.3) is 0 Å². The van der Waals surface area contributed by atoms with Crippen molar-refractivity contribution >= 4 is 10.0 Å². The maximum absolute atomic E-state index is 11.2. The van der Waals surface area contributed by atoms with Gasteiger partial charge < -0.3 is 4.74 Å². The summed E-state index contributed by atoms with van der Waals surface area (Å²) in [6.07, 6.45) is 2.95. The van der Waals surface area contributed by atoms with Gasteiger partial charge in [0.15, 0.2) is 0 Å². The smallest absolute Gasteiger partial charge is 0.208 e. The average molecular weight is 298 g/mol. The molecule has 1 aromatic carbocycles. The molecule has 1 fully saturated rings. The second-order valence-electron chi connectivity index (χ2n) is 5.29. The van der Waals surface area contributed by atoms with Gasteiger partial charge in [0.2, 0.25) is 10.0 Å². The van der Waals surface area contributed by atoms with Gasteiger partial charge in [0, 0.05) is 25.7 Å². The third-order valence-corrected chi connectivity index (χ3v) is 4.30. The highest BCUT2D eigenvalue weighted by Crippen LogP contribution is 2.16. The van der Waals surface area contributed by atoms with E-state index in [1.54, 1.807) is 7.11 Å². The Bertz CT molecular complexity index is 520. The lowest BCUT2D eigenvalue weighted by atomic mass is 10.1. The minimum Gasteiger partial charge on any atom is -0.497 e. The molecule has 1 aromatic rings. The monoisotopic (exact) mass is 298 g/mol. The Hall–Kier alpha value is -1.11. The molecular weight excluding hydrogens is 276 g/mol. The second kappa shape index (κ2) is 6.56. The summed E-state index contributed by atoms with van der Waals surface area (Å²) in [4.78, 5) is 2.35. The number of rotatable bonds is 5. The number of sulfonamides is 1. The number of benzene rings is 1. The molecule has 0 radical (unpaired) electrons. The number of hydrogen-bond acceptors (Lipinski definition) is 4. The minimum absolute atomic E-state index is 0.0807. The maximum atomic E-state index is 11.2. The van der Waals surface area contributed by atoms with E-state index in [0.29, 0.717) is 0 Å². The molecule has 0 bridgehead atoms. The first-order valence-corrected chi connectivity index (χ1v) is 8.68. The second-order valence-corrected chi connectivity index (χ2v) is 7.07. The van der Waals surface area contributed by atoms with Gasteiger partial charge in [-0.05, 0) is 30.5 Å². The van der Waals surface area contributed by atoms with Crippen molar-refractivity contribution in [1.82, 2.24) is 9.62 Å². The SMILES string of the molecule is COc1ccc(CN2CCC(NS(C)(=O)=O)CC2)cc1. The molecule has 0 saturated carbocycles. The summed E-state index contributed by atoms with van der Waals surface area (Å²) in [6.45, 7) is 2.73. The van der Waals surface area contributed by atoms with E-state index < -0.39 is 10.0 Å². The van der Waals surface area contributed by atoms with Crippen LogP contribution >= 0.6 is 0 Å². The number of ether oxygens (including phenoxy) is 1. The lowest BCUT2D eigenvalue weighted by molar-refractivity contribution is 0.200. The molecule has 6 heteroatoms. The zero-order valence-corrected chi connectivity index (χ0v) is 12.8. The number of likely N-dealkylation sites (tertiary alicyclic amines) is 1. The fourth-order valence-electron chi connectivity index (χ4n) is 2.50. The van der Waals surface area contributed by atoms with E-state index in [1.165, 1.54) is 11.8 Å². The zero-order valence-electron chi connectivity index (χ0n) is 12.0. The van der Waals surface area contributed by atoms with Gasteiger partial charge >= 0.3 is 0 Å². The van der Waals surface area contributed by atoms with E-state index in [9.17, 15) is 8.42 Å². The molecule has 112 valence electrons. The number of methoxy groups -OCH3 is 1. The van der Waals surface area contributed by atoms with Crippen LogP contribution in [0, 0.1) is 0 Å². The summed E-state index contributed by atoms with van der Waals surface area (Å²) in [5, 5.41) is 0. The number of nitrogens with one attached hydrogen (secondary N) is 1. The Morgan fingerprint density at radius 1 is 1.25 bits per heavy atom. The van der Waals surface area contributed by atoms with E-state index in [1.807, 2.05) is 12.1 Å². The third-order valence-electron chi connectivity index (χ3n) is 3.53. The standard InChI is InChI=1S/C14H22N2O3S/c1-19-14-5-3-12(4-6-14)11-16-9-7-13(8-10-16)15-20(2,17)18/h3-6,13,15H,7-11H2,1-2H3. The zero-order chi connectivity index (χ0) is 14.6. The summed E-state index contributed by atoms with van der Waals surface area (Å²) >= 11 is 0. The van der Waals surface area contributed by atoms with Crippen molar-refractivity contribution < 1.29 is 13.2 Å². The normalized spacial score (nSPS) is 18.1. The van der Waals surface area contributed by atoms with Crippen molar-refractivity contribution in [2.45, 2.75) is 25.4 Å². The van der Waals surface area contributed by atoms with Crippen LogP contribution in [0.15, 0.2) is 24.3 Å². The van der Waals surface area contributed by atoms with Crippen molar-refractivity contribution in [3.05, 3.63) is 29.8 Å². The van der Waals surface area contributed by atoms with Gasteiger partial charge in [-0.25, -0.2) is 13.1 Å². The first-order chi connectivity index (χ1) is 9.46. The predicted molar refractivity (Wildman–Crippen MR) is 79.3 cm³/mol. The summed E-state index contributed by atoms with van der Waals surface area (Å²) in [5.41, 5.74) is 1.25. The van der Waals surface area contributed by atoms with Crippen molar-refractivity contribution in [3.63, 3.8) is 0 Å². The largest absolute Gasteiger partial charge is 0.497 e. The van der Waals surface area contributed by atoms with Gasteiger partial charge in [0.1, 0.15) is 5.75 Å². The van der Waals surface area contributed by atoms with Crippen LogP contribution in [-0.4, -0.2) is 45.8 Å². The van der Waals surface area contributed by atoms with Gasteiger partial charge in [0.25, 0.3) is 0 Å². The van der Waals surface area contributed by atoms with E-state index in [-0.39, 0.29) is 6.04 Å². The molecule has 0 aliphatic carbocycles. The Morgan fingerprint density at radius 2 is 1.85 bits per heavy atom. The first-order valence-electron chi connectivity index (χ1n) is 6.79. The molecule has 0 amide bonds. The van der Waals surface area contributed by atoms with E-state index in [4.69, 9.17) is 4.74 Å². The molecule has 1 N–H and O–H groups in total. The van der Waals surface area contributed by atoms with Crippen LogP contribution in [0.5, 0.6) is 5.75 Å². The number of piperidine rings is 1. The van der Waals surface area contributed by atoms with Crippen LogP contribution in [0.3, 0.4) is 0 Å². The van der Waals surface area contributed by atoms with Gasteiger partial charge in [-0.3, -0.25) is 4.90 Å². The lowest BCUT2D eigenvalue weighted by Crippen LogP contribution is -2.43. The molecule has 0 spiro atoms. The van der Waals surface area contributed by atoms with Crippen molar-refractivity contribution in [2.24, 2.45) is 0 Å². The molecular formula is C14H22N2O3S. The summed E-state index contributed by atoms with van der Waals surface area (Å²) in [6, 6.07) is 8.15. The fraction of sp³-hybridized carbons (Fsp3) is 0.571. The lowest BCUT2D eigenvalue weighted by Gasteiger charge is -2.31. The Kier molecular flexibility index (Phi) is 5.01. The Balaban J connectivity index is 1.81. The summed E-state index contributed by atoms with van der Waals surface area (Å²) in [5.74, 6) is 0.866. The molecule has 5 nitrogen and oxygen atoms in total. The summed E-state index contributed by atoms with van der Waals surface area (Å²) < 4.78 is 30.2. The van der Waals surface area contributed by atoms with Crippen molar-refractivity contribution in [3.8, 4) is 5.75 Å². The molecule has 0 aromatic heterocycles. The number of nitrogens with zero attached hydrogens (tertiary/aromatic N) is 1. The highest BCUT2D eigenvalue weighted by Gasteiger charge is 2.21. The molecule has 0 atom stereocenters. The van der Waals surface area contributed by atoms with Gasteiger partial charge in [-0.1, -0.05) is 12.1 Å². The first kappa shape index (κ1) is 15.3. The van der Waals surface area contributed by atoms with Crippen LogP contribution in [0.2, 0.25) is 0 Å². The molecule has 1 aliphatic heterocycles. The molecule has 1 aliphatic rings. The van der Waals surface area contributed by atoms with E-state index in [2.05, 4.69) is 21.8 Å². The van der Waals surface area contributed by atoms with Crippen molar-refractivity contribution in [1.29, 1.82) is 0 Å². The van der Waals surface area contributed by atoms with Gasteiger partial charge in [-0.2, -0.15) is 0 Å². The highest BCUT2D eigenvalue weighted by atomic mass is 32.2. The fourth-order valence-corrected chi connectivity index (χ4v) is 3.34. The maximum Gasteiger partial charge on any atom is 0.208 e. The van der Waals surface area contributed by atoms with Crippen LogP contribution in [0.4, 0.5) is 0 Å².